The topological polar surface area (TPSA) is 91.0 Å². The molecule has 0 aliphatic carbocycles. The Labute approximate surface area is 171 Å². The van der Waals surface area contributed by atoms with Gasteiger partial charge in [-0.25, -0.2) is 4.79 Å². The van der Waals surface area contributed by atoms with E-state index in [-0.39, 0.29) is 12.5 Å². The minimum Gasteiger partial charge on any atom is -0.494 e. The number of nitrogens with zero attached hydrogens (tertiary/aromatic N) is 2. The van der Waals surface area contributed by atoms with Crippen molar-refractivity contribution >= 4 is 23.5 Å². The van der Waals surface area contributed by atoms with E-state index < -0.39 is 17.5 Å². The summed E-state index contributed by atoms with van der Waals surface area (Å²) in [6.07, 6.45) is 1.14. The van der Waals surface area contributed by atoms with E-state index in [9.17, 15) is 14.4 Å². The molecule has 2 aliphatic heterocycles. The van der Waals surface area contributed by atoms with Gasteiger partial charge in [-0.2, -0.15) is 0 Å². The molecule has 2 N–H and O–H groups in total. The number of benzene rings is 1. The molecule has 1 aromatic carbocycles. The SMILES string of the molecule is CCOc1ccc(NC(=O)CN2C(=O)NC3(CCN(CC(C)C)CC3)C2=O)cc1. The third-order valence-electron chi connectivity index (χ3n) is 5.33. The summed E-state index contributed by atoms with van der Waals surface area (Å²) in [5.74, 6) is 0.562. The first-order valence-corrected chi connectivity index (χ1v) is 10.2. The Morgan fingerprint density at radius 1 is 1.21 bits per heavy atom. The van der Waals surface area contributed by atoms with Gasteiger partial charge in [-0.3, -0.25) is 14.5 Å². The summed E-state index contributed by atoms with van der Waals surface area (Å²) in [5, 5.41) is 5.57. The first kappa shape index (κ1) is 21.1. The molecule has 29 heavy (non-hydrogen) atoms. The first-order valence-electron chi connectivity index (χ1n) is 10.2. The van der Waals surface area contributed by atoms with Crippen LogP contribution in [0.5, 0.6) is 5.75 Å². The van der Waals surface area contributed by atoms with Crippen LogP contribution in [0.1, 0.15) is 33.6 Å². The lowest BCUT2D eigenvalue weighted by Gasteiger charge is -2.37. The maximum absolute atomic E-state index is 13.0. The third-order valence-corrected chi connectivity index (χ3v) is 5.33. The highest BCUT2D eigenvalue weighted by atomic mass is 16.5. The monoisotopic (exact) mass is 402 g/mol. The molecule has 0 atom stereocenters. The van der Waals surface area contributed by atoms with E-state index in [4.69, 9.17) is 4.74 Å². The normalized spacial score (nSPS) is 19.0. The highest BCUT2D eigenvalue weighted by Crippen LogP contribution is 2.29. The van der Waals surface area contributed by atoms with Crippen LogP contribution in [0.2, 0.25) is 0 Å². The number of imide groups is 1. The van der Waals surface area contributed by atoms with Crippen molar-refractivity contribution < 1.29 is 19.1 Å². The zero-order chi connectivity index (χ0) is 21.0. The molecule has 3 rings (SSSR count). The summed E-state index contributed by atoms with van der Waals surface area (Å²) in [7, 11) is 0. The summed E-state index contributed by atoms with van der Waals surface area (Å²) in [5.41, 5.74) is -0.286. The number of urea groups is 1. The van der Waals surface area contributed by atoms with Crippen molar-refractivity contribution in [2.45, 2.75) is 39.2 Å². The molecule has 0 bridgehead atoms. The number of anilines is 1. The van der Waals surface area contributed by atoms with Crippen molar-refractivity contribution in [3.8, 4) is 5.75 Å². The fourth-order valence-corrected chi connectivity index (χ4v) is 3.94. The maximum atomic E-state index is 13.0. The Morgan fingerprint density at radius 3 is 2.45 bits per heavy atom. The standard InChI is InChI=1S/C21H30N4O4/c1-4-29-17-7-5-16(6-8-17)22-18(26)14-25-19(27)21(23-20(25)28)9-11-24(12-10-21)13-15(2)3/h5-8,15H,4,9-14H2,1-3H3,(H,22,26)(H,23,28). The summed E-state index contributed by atoms with van der Waals surface area (Å²) in [6.45, 7) is 8.99. The number of ether oxygens (including phenoxy) is 1. The van der Waals surface area contributed by atoms with Crippen LogP contribution in [0.25, 0.3) is 0 Å². The zero-order valence-corrected chi connectivity index (χ0v) is 17.4. The summed E-state index contributed by atoms with van der Waals surface area (Å²) in [4.78, 5) is 41.1. The summed E-state index contributed by atoms with van der Waals surface area (Å²) < 4.78 is 5.37. The highest BCUT2D eigenvalue weighted by molar-refractivity contribution is 6.10. The predicted octanol–water partition coefficient (Wildman–Crippen LogP) is 2.07. The molecule has 8 heteroatoms. The molecule has 2 saturated heterocycles. The second-order valence-electron chi connectivity index (χ2n) is 8.10. The summed E-state index contributed by atoms with van der Waals surface area (Å²) >= 11 is 0. The lowest BCUT2D eigenvalue weighted by atomic mass is 9.87. The van der Waals surface area contributed by atoms with Gasteiger partial charge in [-0.05, 0) is 49.9 Å². The van der Waals surface area contributed by atoms with Crippen LogP contribution in [0.4, 0.5) is 10.5 Å². The number of carbonyl (C=O) groups is 3. The van der Waals surface area contributed by atoms with E-state index in [1.807, 2.05) is 6.92 Å². The molecule has 8 nitrogen and oxygen atoms in total. The number of amides is 4. The fraction of sp³-hybridized carbons (Fsp3) is 0.571. The highest BCUT2D eigenvalue weighted by Gasteiger charge is 2.52. The van der Waals surface area contributed by atoms with Gasteiger partial charge in [-0.1, -0.05) is 13.8 Å². The van der Waals surface area contributed by atoms with Crippen molar-refractivity contribution in [1.82, 2.24) is 15.1 Å². The number of rotatable bonds is 7. The fourth-order valence-electron chi connectivity index (χ4n) is 3.94. The van der Waals surface area contributed by atoms with Crippen LogP contribution in [0.15, 0.2) is 24.3 Å². The average Bonchev–Trinajstić information content (AvgIpc) is 2.89. The van der Waals surface area contributed by atoms with Gasteiger partial charge >= 0.3 is 6.03 Å². The van der Waals surface area contributed by atoms with E-state index in [2.05, 4.69) is 29.4 Å². The average molecular weight is 402 g/mol. The molecule has 1 aromatic rings. The minimum atomic E-state index is -0.871. The molecule has 2 fully saturated rings. The lowest BCUT2D eigenvalue weighted by molar-refractivity contribution is -0.135. The molecule has 0 aromatic heterocycles. The molecular formula is C21H30N4O4. The number of hydrogen-bond acceptors (Lipinski definition) is 5. The molecule has 0 radical (unpaired) electrons. The van der Waals surface area contributed by atoms with Crippen molar-refractivity contribution in [3.63, 3.8) is 0 Å². The number of likely N-dealkylation sites (tertiary alicyclic amines) is 1. The number of hydrogen-bond donors (Lipinski definition) is 2. The summed E-state index contributed by atoms with van der Waals surface area (Å²) in [6, 6.07) is 6.47. The molecule has 158 valence electrons. The second-order valence-corrected chi connectivity index (χ2v) is 8.10. The molecule has 2 heterocycles. The predicted molar refractivity (Wildman–Crippen MR) is 110 cm³/mol. The Hall–Kier alpha value is -2.61. The minimum absolute atomic E-state index is 0.296. The Balaban J connectivity index is 1.56. The van der Waals surface area contributed by atoms with Crippen LogP contribution in [-0.4, -0.2) is 66.0 Å². The van der Waals surface area contributed by atoms with Crippen molar-refractivity contribution in [2.75, 3.05) is 38.1 Å². The van der Waals surface area contributed by atoms with E-state index in [0.29, 0.717) is 36.8 Å². The van der Waals surface area contributed by atoms with E-state index in [0.717, 1.165) is 24.5 Å². The van der Waals surface area contributed by atoms with Gasteiger partial charge in [0.1, 0.15) is 17.8 Å². The second kappa shape index (κ2) is 8.82. The van der Waals surface area contributed by atoms with Crippen LogP contribution in [-0.2, 0) is 9.59 Å². The van der Waals surface area contributed by atoms with Gasteiger partial charge in [0.05, 0.1) is 6.61 Å². The molecule has 0 unspecified atom stereocenters. The zero-order valence-electron chi connectivity index (χ0n) is 17.4. The van der Waals surface area contributed by atoms with E-state index in [1.165, 1.54) is 0 Å². The number of piperidine rings is 1. The van der Waals surface area contributed by atoms with Gasteiger partial charge < -0.3 is 20.3 Å². The quantitative estimate of drug-likeness (QED) is 0.682. The van der Waals surface area contributed by atoms with Crippen molar-refractivity contribution in [2.24, 2.45) is 5.92 Å². The Bertz CT molecular complexity index is 754. The number of carbonyl (C=O) groups excluding carboxylic acids is 3. The molecule has 0 saturated carbocycles. The third kappa shape index (κ3) is 4.87. The van der Waals surface area contributed by atoms with Crippen LogP contribution in [0.3, 0.4) is 0 Å². The molecular weight excluding hydrogens is 372 g/mol. The van der Waals surface area contributed by atoms with Crippen LogP contribution >= 0.6 is 0 Å². The van der Waals surface area contributed by atoms with Gasteiger partial charge in [0.2, 0.25) is 5.91 Å². The molecule has 1 spiro atoms. The van der Waals surface area contributed by atoms with Gasteiger partial charge in [0.15, 0.2) is 0 Å². The van der Waals surface area contributed by atoms with Gasteiger partial charge in [0.25, 0.3) is 5.91 Å². The molecule has 2 aliphatic rings. The van der Waals surface area contributed by atoms with Gasteiger partial charge in [0, 0.05) is 25.3 Å². The lowest BCUT2D eigenvalue weighted by Crippen LogP contribution is -2.55. The first-order chi connectivity index (χ1) is 13.8. The van der Waals surface area contributed by atoms with E-state index in [1.54, 1.807) is 24.3 Å². The van der Waals surface area contributed by atoms with Gasteiger partial charge in [-0.15, -0.1) is 0 Å². The Kier molecular flexibility index (Phi) is 6.42. The Morgan fingerprint density at radius 2 is 1.86 bits per heavy atom. The van der Waals surface area contributed by atoms with Crippen LogP contribution in [0, 0.1) is 5.92 Å². The largest absolute Gasteiger partial charge is 0.494 e. The smallest absolute Gasteiger partial charge is 0.325 e. The maximum Gasteiger partial charge on any atom is 0.325 e. The van der Waals surface area contributed by atoms with Crippen molar-refractivity contribution in [3.05, 3.63) is 24.3 Å². The van der Waals surface area contributed by atoms with Crippen molar-refractivity contribution in [1.29, 1.82) is 0 Å². The van der Waals surface area contributed by atoms with Crippen LogP contribution < -0.4 is 15.4 Å². The number of nitrogens with one attached hydrogen (secondary N) is 2. The van der Waals surface area contributed by atoms with E-state index >= 15 is 0 Å². The molecule has 4 amide bonds.